The molecule has 5 heterocycles. The van der Waals surface area contributed by atoms with Crippen LogP contribution in [0.1, 0.15) is 85.6 Å². The van der Waals surface area contributed by atoms with Crippen LogP contribution >= 0.6 is 24.8 Å². The van der Waals surface area contributed by atoms with Gasteiger partial charge in [0, 0.05) is 46.9 Å². The number of amides is 1. The smallest absolute Gasteiger partial charge is 0.256 e. The number of hydrogen-bond donors (Lipinski definition) is 3. The Bertz CT molecular complexity index is 1480. The SMILES string of the molecule is Cc1nn(CCCCCCC2CCNCC2)c2cc(C(=O)Nc3cc4[nH]c([C@H]5CCCN5C)cc4cn3)ccc12.Cl.Cl. The number of carbonyl (C=O) groups is 1. The third-order valence-corrected chi connectivity index (χ3v) is 9.04. The number of aromatic nitrogens is 4. The summed E-state index contributed by atoms with van der Waals surface area (Å²) in [6, 6.07) is 10.4. The number of carbonyl (C=O) groups excluding carboxylic acids is 1. The van der Waals surface area contributed by atoms with E-state index in [1.54, 1.807) is 0 Å². The lowest BCUT2D eigenvalue weighted by molar-refractivity contribution is 0.102. The lowest BCUT2D eigenvalue weighted by Crippen LogP contribution is -2.27. The summed E-state index contributed by atoms with van der Waals surface area (Å²) >= 11 is 0. The number of benzene rings is 1. The number of unbranched alkanes of at least 4 members (excludes halogenated alkanes) is 3. The third kappa shape index (κ3) is 7.28. The second-order valence-electron chi connectivity index (χ2n) is 11.9. The van der Waals surface area contributed by atoms with Crippen molar-refractivity contribution in [1.29, 1.82) is 0 Å². The van der Waals surface area contributed by atoms with Crippen molar-refractivity contribution in [3.8, 4) is 0 Å². The summed E-state index contributed by atoms with van der Waals surface area (Å²) in [4.78, 5) is 23.7. The second kappa shape index (κ2) is 14.7. The van der Waals surface area contributed by atoms with Crippen LogP contribution in [0.15, 0.2) is 36.5 Å². The van der Waals surface area contributed by atoms with Crippen LogP contribution < -0.4 is 10.6 Å². The minimum Gasteiger partial charge on any atom is -0.357 e. The van der Waals surface area contributed by atoms with E-state index in [4.69, 9.17) is 5.10 Å². The van der Waals surface area contributed by atoms with E-state index in [1.807, 2.05) is 37.4 Å². The van der Waals surface area contributed by atoms with Crippen molar-refractivity contribution in [3.63, 3.8) is 0 Å². The van der Waals surface area contributed by atoms with Gasteiger partial charge in [0.1, 0.15) is 5.82 Å². The number of rotatable bonds is 10. The number of nitrogens with one attached hydrogen (secondary N) is 3. The monoisotopic (exact) mass is 613 g/mol. The van der Waals surface area contributed by atoms with Crippen molar-refractivity contribution in [2.45, 2.75) is 77.3 Å². The maximum atomic E-state index is 13.2. The zero-order chi connectivity index (χ0) is 27.5. The fraction of sp³-hybridized carbons (Fsp3) is 0.531. The summed E-state index contributed by atoms with van der Waals surface area (Å²) in [6.07, 6.45) is 13.2. The standard InChI is InChI=1S/C32H43N7O.2ClH/c1-22-26-11-10-24(19-30(26)39(37-22)17-6-4-3-5-8-23-12-14-33-15-13-23)32(40)36-31-20-27-25(21-34-31)18-28(35-27)29-9-7-16-38(29)2;;/h10-11,18-21,23,29,33,35H,3-9,12-17H2,1-2H3,(H,34,36,40);2*1H/t29-;;/m1../s1. The maximum Gasteiger partial charge on any atom is 0.256 e. The van der Waals surface area contributed by atoms with Crippen LogP contribution in [0.25, 0.3) is 21.8 Å². The van der Waals surface area contributed by atoms with Crippen LogP contribution in [0.5, 0.6) is 0 Å². The Balaban J connectivity index is 0.00000202. The Morgan fingerprint density at radius 3 is 2.64 bits per heavy atom. The molecule has 2 aliphatic heterocycles. The van der Waals surface area contributed by atoms with Gasteiger partial charge in [-0.3, -0.25) is 14.4 Å². The van der Waals surface area contributed by atoms with Gasteiger partial charge in [-0.2, -0.15) is 5.10 Å². The number of piperidine rings is 1. The van der Waals surface area contributed by atoms with Crippen LogP contribution in [-0.2, 0) is 6.54 Å². The highest BCUT2D eigenvalue weighted by Gasteiger charge is 2.24. The molecule has 3 N–H and O–H groups in total. The summed E-state index contributed by atoms with van der Waals surface area (Å²) < 4.78 is 2.08. The predicted molar refractivity (Wildman–Crippen MR) is 176 cm³/mol. The van der Waals surface area contributed by atoms with Gasteiger partial charge in [-0.15, -0.1) is 24.8 Å². The average molecular weight is 615 g/mol. The summed E-state index contributed by atoms with van der Waals surface area (Å²) in [5, 5.41) is 13.4. The lowest BCUT2D eigenvalue weighted by Gasteiger charge is -2.22. The van der Waals surface area contributed by atoms with E-state index < -0.39 is 0 Å². The van der Waals surface area contributed by atoms with E-state index in [0.717, 1.165) is 59.3 Å². The van der Waals surface area contributed by atoms with Gasteiger partial charge in [0.05, 0.1) is 16.7 Å². The summed E-state index contributed by atoms with van der Waals surface area (Å²) in [6.45, 7) is 6.43. The molecule has 6 rings (SSSR count). The van der Waals surface area contributed by atoms with E-state index in [0.29, 0.717) is 17.4 Å². The molecule has 42 heavy (non-hydrogen) atoms. The highest BCUT2D eigenvalue weighted by molar-refractivity contribution is 6.06. The molecular formula is C32H45Cl2N7O. The number of pyridine rings is 1. The number of anilines is 1. The van der Waals surface area contributed by atoms with Crippen LogP contribution in [-0.4, -0.2) is 57.2 Å². The van der Waals surface area contributed by atoms with Crippen LogP contribution in [0, 0.1) is 12.8 Å². The Hall–Kier alpha value is -2.65. The molecule has 8 nitrogen and oxygen atoms in total. The molecule has 3 aromatic heterocycles. The Morgan fingerprint density at radius 1 is 1.05 bits per heavy atom. The molecule has 1 atom stereocenters. The number of aromatic amines is 1. The van der Waals surface area contributed by atoms with Crippen molar-refractivity contribution >= 4 is 58.3 Å². The van der Waals surface area contributed by atoms with Crippen LogP contribution in [0.4, 0.5) is 5.82 Å². The molecule has 0 radical (unpaired) electrons. The predicted octanol–water partition coefficient (Wildman–Crippen LogP) is 7.03. The van der Waals surface area contributed by atoms with Crippen LogP contribution in [0.3, 0.4) is 0 Å². The van der Waals surface area contributed by atoms with Gasteiger partial charge in [0.15, 0.2) is 0 Å². The fourth-order valence-corrected chi connectivity index (χ4v) is 6.66. The van der Waals surface area contributed by atoms with Gasteiger partial charge in [-0.25, -0.2) is 4.98 Å². The maximum absolute atomic E-state index is 13.2. The number of fused-ring (bicyclic) bond motifs is 2. The van der Waals surface area contributed by atoms with Crippen molar-refractivity contribution in [1.82, 2.24) is 30.0 Å². The molecule has 0 unspecified atom stereocenters. The van der Waals surface area contributed by atoms with Gasteiger partial charge in [0.25, 0.3) is 5.91 Å². The minimum atomic E-state index is -0.153. The van der Waals surface area contributed by atoms with E-state index >= 15 is 0 Å². The lowest BCUT2D eigenvalue weighted by atomic mass is 9.92. The quantitative estimate of drug-likeness (QED) is 0.167. The fourth-order valence-electron chi connectivity index (χ4n) is 6.66. The zero-order valence-electron chi connectivity index (χ0n) is 24.8. The van der Waals surface area contributed by atoms with Gasteiger partial charge >= 0.3 is 0 Å². The first-order valence-corrected chi connectivity index (χ1v) is 15.2. The van der Waals surface area contributed by atoms with Crippen molar-refractivity contribution in [2.75, 3.05) is 32.0 Å². The average Bonchev–Trinajstić information content (AvgIpc) is 3.67. The minimum absolute atomic E-state index is 0. The topological polar surface area (TPSA) is 90.9 Å². The molecule has 0 spiro atoms. The number of hydrogen-bond acceptors (Lipinski definition) is 5. The molecule has 10 heteroatoms. The molecule has 2 aliphatic rings. The van der Waals surface area contributed by atoms with E-state index in [9.17, 15) is 4.79 Å². The molecule has 1 amide bonds. The Labute approximate surface area is 261 Å². The highest BCUT2D eigenvalue weighted by Crippen LogP contribution is 2.32. The molecular weight excluding hydrogens is 569 g/mol. The molecule has 228 valence electrons. The summed E-state index contributed by atoms with van der Waals surface area (Å²) in [5.74, 6) is 1.32. The van der Waals surface area contributed by atoms with E-state index in [-0.39, 0.29) is 30.7 Å². The molecule has 1 aromatic carbocycles. The van der Waals surface area contributed by atoms with E-state index in [2.05, 4.69) is 43.3 Å². The molecule has 2 saturated heterocycles. The van der Waals surface area contributed by atoms with E-state index in [1.165, 1.54) is 63.7 Å². The zero-order valence-corrected chi connectivity index (χ0v) is 26.5. The van der Waals surface area contributed by atoms with Gasteiger partial charge < -0.3 is 15.6 Å². The number of nitrogens with zero attached hydrogens (tertiary/aromatic N) is 4. The molecule has 0 aliphatic carbocycles. The number of aryl methyl sites for hydroxylation is 2. The first-order valence-electron chi connectivity index (χ1n) is 15.2. The number of halogens is 2. The highest BCUT2D eigenvalue weighted by atomic mass is 35.5. The third-order valence-electron chi connectivity index (χ3n) is 9.04. The molecule has 0 bridgehead atoms. The first kappa shape index (κ1) is 32.3. The van der Waals surface area contributed by atoms with Crippen LogP contribution in [0.2, 0.25) is 0 Å². The number of H-pyrrole nitrogens is 1. The summed E-state index contributed by atoms with van der Waals surface area (Å²) in [7, 11) is 2.18. The Morgan fingerprint density at radius 2 is 1.86 bits per heavy atom. The van der Waals surface area contributed by atoms with Crippen molar-refractivity contribution in [3.05, 3.63) is 53.5 Å². The number of likely N-dealkylation sites (tertiary alicyclic amines) is 1. The van der Waals surface area contributed by atoms with Gasteiger partial charge in [-0.1, -0.05) is 31.7 Å². The normalized spacial score (nSPS) is 17.8. The van der Waals surface area contributed by atoms with Crippen molar-refractivity contribution in [2.24, 2.45) is 5.92 Å². The van der Waals surface area contributed by atoms with Gasteiger partial charge in [0.2, 0.25) is 0 Å². The van der Waals surface area contributed by atoms with Gasteiger partial charge in [-0.05, 0) is 89.8 Å². The van der Waals surface area contributed by atoms with Crippen molar-refractivity contribution < 1.29 is 4.79 Å². The molecule has 4 aromatic rings. The second-order valence-corrected chi connectivity index (χ2v) is 11.9. The molecule has 2 fully saturated rings. The summed E-state index contributed by atoms with van der Waals surface area (Å²) in [5.41, 5.74) is 4.88. The molecule has 0 saturated carbocycles. The first-order chi connectivity index (χ1) is 19.5. The largest absolute Gasteiger partial charge is 0.357 e. The Kier molecular flexibility index (Phi) is 11.3.